The molecule has 0 aromatic heterocycles. The summed E-state index contributed by atoms with van der Waals surface area (Å²) in [4.78, 5) is 0.0730. The first kappa shape index (κ1) is 24.0. The van der Waals surface area contributed by atoms with Crippen LogP contribution >= 0.6 is 0 Å². The fourth-order valence-electron chi connectivity index (χ4n) is 3.77. The van der Waals surface area contributed by atoms with E-state index in [1.807, 2.05) is 12.1 Å². The van der Waals surface area contributed by atoms with Gasteiger partial charge < -0.3 is 4.74 Å². The standard InChI is InChI=1S/C22H39NO3S/c1-7-8-9-10-11-12-15-26-19-16-18(13-14-20(19)27(23,24)25)22(5,6)17-21(2,3)4/h13-14,16H,7-12,15,17H2,1-6H3,(H2,23,24,25). The molecule has 0 spiro atoms. The zero-order chi connectivity index (χ0) is 20.7. The second kappa shape index (κ2) is 9.92. The number of unbranched alkanes of at least 4 members (excludes halogenated alkanes) is 5. The summed E-state index contributed by atoms with van der Waals surface area (Å²) in [5.41, 5.74) is 1.15. The van der Waals surface area contributed by atoms with Crippen molar-refractivity contribution in [2.24, 2.45) is 10.6 Å². The molecule has 0 aliphatic carbocycles. The average Bonchev–Trinajstić information content (AvgIpc) is 2.50. The van der Waals surface area contributed by atoms with Crippen molar-refractivity contribution in [2.45, 2.75) is 96.8 Å². The highest BCUT2D eigenvalue weighted by Crippen LogP contribution is 2.38. The molecular weight excluding hydrogens is 358 g/mol. The number of benzene rings is 1. The number of primary sulfonamides is 1. The summed E-state index contributed by atoms with van der Waals surface area (Å²) >= 11 is 0. The summed E-state index contributed by atoms with van der Waals surface area (Å²) in [6, 6.07) is 5.32. The third-order valence-corrected chi connectivity index (χ3v) is 5.71. The number of rotatable bonds is 11. The van der Waals surface area contributed by atoms with Crippen molar-refractivity contribution in [2.75, 3.05) is 6.61 Å². The van der Waals surface area contributed by atoms with Gasteiger partial charge in [0, 0.05) is 0 Å². The van der Waals surface area contributed by atoms with Gasteiger partial charge in [0.2, 0.25) is 10.0 Å². The Morgan fingerprint density at radius 2 is 1.56 bits per heavy atom. The quantitative estimate of drug-likeness (QED) is 0.481. The first-order valence-corrected chi connectivity index (χ1v) is 11.7. The fraction of sp³-hybridized carbons (Fsp3) is 0.727. The van der Waals surface area contributed by atoms with Gasteiger partial charge in [-0.1, -0.05) is 79.7 Å². The van der Waals surface area contributed by atoms with Gasteiger partial charge in [-0.3, -0.25) is 0 Å². The van der Waals surface area contributed by atoms with Gasteiger partial charge >= 0.3 is 0 Å². The third-order valence-electron chi connectivity index (χ3n) is 4.76. The van der Waals surface area contributed by atoms with Crippen LogP contribution in [0.3, 0.4) is 0 Å². The molecule has 1 rings (SSSR count). The normalized spacial score (nSPS) is 13.0. The van der Waals surface area contributed by atoms with Gasteiger partial charge in [0.15, 0.2) is 0 Å². The molecule has 0 atom stereocenters. The summed E-state index contributed by atoms with van der Waals surface area (Å²) in [6.07, 6.45) is 7.93. The number of hydrogen-bond acceptors (Lipinski definition) is 3. The molecule has 0 heterocycles. The highest BCUT2D eigenvalue weighted by atomic mass is 32.2. The number of nitrogens with two attached hydrogens (primary N) is 1. The van der Waals surface area contributed by atoms with Crippen LogP contribution in [0.2, 0.25) is 0 Å². The molecule has 0 aliphatic heterocycles. The molecule has 0 saturated heterocycles. The van der Waals surface area contributed by atoms with E-state index >= 15 is 0 Å². The Morgan fingerprint density at radius 3 is 2.11 bits per heavy atom. The Kier molecular flexibility index (Phi) is 8.81. The van der Waals surface area contributed by atoms with E-state index in [9.17, 15) is 8.42 Å². The number of hydrogen-bond donors (Lipinski definition) is 1. The first-order chi connectivity index (χ1) is 12.4. The van der Waals surface area contributed by atoms with E-state index in [1.54, 1.807) is 6.07 Å². The molecule has 0 unspecified atom stereocenters. The van der Waals surface area contributed by atoms with Crippen molar-refractivity contribution in [3.63, 3.8) is 0 Å². The van der Waals surface area contributed by atoms with E-state index in [2.05, 4.69) is 41.5 Å². The fourth-order valence-corrected chi connectivity index (χ4v) is 4.43. The molecular formula is C22H39NO3S. The maximum absolute atomic E-state index is 11.9. The van der Waals surface area contributed by atoms with E-state index < -0.39 is 10.0 Å². The van der Waals surface area contributed by atoms with Gasteiger partial charge in [-0.05, 0) is 41.4 Å². The molecule has 156 valence electrons. The van der Waals surface area contributed by atoms with Crippen molar-refractivity contribution in [1.82, 2.24) is 0 Å². The lowest BCUT2D eigenvalue weighted by molar-refractivity contribution is 0.278. The SMILES string of the molecule is CCCCCCCCOc1cc(C(C)(C)CC(C)(C)C)ccc1S(N)(=O)=O. The maximum Gasteiger partial charge on any atom is 0.241 e. The topological polar surface area (TPSA) is 69.4 Å². The van der Waals surface area contributed by atoms with E-state index in [-0.39, 0.29) is 15.7 Å². The van der Waals surface area contributed by atoms with Crippen LogP contribution in [0.4, 0.5) is 0 Å². The zero-order valence-corrected chi connectivity index (χ0v) is 18.9. The van der Waals surface area contributed by atoms with E-state index in [4.69, 9.17) is 9.88 Å². The Hall–Kier alpha value is -1.07. The summed E-state index contributed by atoms with van der Waals surface area (Å²) < 4.78 is 29.8. The van der Waals surface area contributed by atoms with Crippen LogP contribution in [0.1, 0.15) is 92.1 Å². The molecule has 1 aromatic rings. The van der Waals surface area contributed by atoms with E-state index in [0.717, 1.165) is 24.8 Å². The van der Waals surface area contributed by atoms with Crippen LogP contribution in [0, 0.1) is 5.41 Å². The molecule has 0 amide bonds. The van der Waals surface area contributed by atoms with Gasteiger partial charge in [-0.2, -0.15) is 0 Å². The smallest absolute Gasteiger partial charge is 0.241 e. The minimum atomic E-state index is -3.81. The number of sulfonamides is 1. The Morgan fingerprint density at radius 1 is 0.963 bits per heavy atom. The van der Waals surface area contributed by atoms with Gasteiger partial charge in [0.25, 0.3) is 0 Å². The van der Waals surface area contributed by atoms with Crippen LogP contribution in [0.15, 0.2) is 23.1 Å². The summed E-state index contributed by atoms with van der Waals surface area (Å²) in [5.74, 6) is 0.380. The molecule has 0 aliphatic rings. The minimum Gasteiger partial charge on any atom is -0.492 e. The summed E-state index contributed by atoms with van der Waals surface area (Å²) in [7, 11) is -3.81. The molecule has 5 heteroatoms. The second-order valence-corrected chi connectivity index (χ2v) is 11.0. The molecule has 27 heavy (non-hydrogen) atoms. The minimum absolute atomic E-state index is 0.0730. The molecule has 0 fully saturated rings. The summed E-state index contributed by atoms with van der Waals surface area (Å²) in [5, 5.41) is 5.40. The van der Waals surface area contributed by atoms with Crippen molar-refractivity contribution < 1.29 is 13.2 Å². The van der Waals surface area contributed by atoms with Crippen LogP contribution in [0.5, 0.6) is 5.75 Å². The van der Waals surface area contributed by atoms with E-state index in [0.29, 0.717) is 12.4 Å². The monoisotopic (exact) mass is 397 g/mol. The molecule has 0 bridgehead atoms. The molecule has 0 radical (unpaired) electrons. The molecule has 2 N–H and O–H groups in total. The van der Waals surface area contributed by atoms with Crippen LogP contribution in [-0.4, -0.2) is 15.0 Å². The molecule has 1 aromatic carbocycles. The van der Waals surface area contributed by atoms with Crippen LogP contribution in [0.25, 0.3) is 0 Å². The van der Waals surface area contributed by atoms with Crippen molar-refractivity contribution in [1.29, 1.82) is 0 Å². The highest BCUT2D eigenvalue weighted by molar-refractivity contribution is 7.89. The lowest BCUT2D eigenvalue weighted by atomic mass is 9.72. The largest absolute Gasteiger partial charge is 0.492 e. The Balaban J connectivity index is 2.92. The predicted octanol–water partition coefficient (Wildman–Crippen LogP) is 5.79. The van der Waals surface area contributed by atoms with Crippen LogP contribution < -0.4 is 9.88 Å². The van der Waals surface area contributed by atoms with Crippen molar-refractivity contribution in [3.05, 3.63) is 23.8 Å². The Labute approximate surface area is 166 Å². The van der Waals surface area contributed by atoms with Crippen molar-refractivity contribution >= 4 is 10.0 Å². The highest BCUT2D eigenvalue weighted by Gasteiger charge is 2.29. The number of ether oxygens (including phenoxy) is 1. The van der Waals surface area contributed by atoms with Gasteiger partial charge in [0.1, 0.15) is 10.6 Å². The van der Waals surface area contributed by atoms with Gasteiger partial charge in [-0.25, -0.2) is 13.6 Å². The molecule has 0 saturated carbocycles. The van der Waals surface area contributed by atoms with Gasteiger partial charge in [0.05, 0.1) is 6.61 Å². The summed E-state index contributed by atoms with van der Waals surface area (Å²) in [6.45, 7) is 13.7. The zero-order valence-electron chi connectivity index (χ0n) is 18.1. The lowest BCUT2D eigenvalue weighted by Crippen LogP contribution is -2.25. The van der Waals surface area contributed by atoms with E-state index in [1.165, 1.54) is 25.7 Å². The van der Waals surface area contributed by atoms with Crippen LogP contribution in [-0.2, 0) is 15.4 Å². The Bertz CT molecular complexity index is 688. The first-order valence-electron chi connectivity index (χ1n) is 10.2. The predicted molar refractivity (Wildman–Crippen MR) is 114 cm³/mol. The maximum atomic E-state index is 11.9. The second-order valence-electron chi connectivity index (χ2n) is 9.44. The lowest BCUT2D eigenvalue weighted by Gasteiger charge is -2.33. The van der Waals surface area contributed by atoms with Crippen molar-refractivity contribution in [3.8, 4) is 5.75 Å². The van der Waals surface area contributed by atoms with Gasteiger partial charge in [-0.15, -0.1) is 0 Å². The molecule has 4 nitrogen and oxygen atoms in total. The third kappa shape index (κ3) is 8.65. The average molecular weight is 398 g/mol.